The number of benzene rings is 2. The third kappa shape index (κ3) is 2.95. The first kappa shape index (κ1) is 13.8. The Hall–Kier alpha value is -2.20. The van der Waals surface area contributed by atoms with Crippen LogP contribution < -0.4 is 5.73 Å². The van der Waals surface area contributed by atoms with Crippen LogP contribution in [-0.2, 0) is 13.0 Å². The number of nitrogens with two attached hydrogens (primary N) is 1. The van der Waals surface area contributed by atoms with Crippen LogP contribution in [0.1, 0.15) is 17.8 Å². The van der Waals surface area contributed by atoms with E-state index < -0.39 is 0 Å². The Balaban J connectivity index is 2.04. The van der Waals surface area contributed by atoms with Crippen molar-refractivity contribution in [1.29, 1.82) is 0 Å². The van der Waals surface area contributed by atoms with Gasteiger partial charge >= 0.3 is 0 Å². The van der Waals surface area contributed by atoms with E-state index in [-0.39, 0.29) is 5.82 Å². The van der Waals surface area contributed by atoms with E-state index in [9.17, 15) is 4.39 Å². The minimum absolute atomic E-state index is 0.253. The largest absolute Gasteiger partial charge is 0.330 e. The predicted octanol–water partition coefficient (Wildman–Crippen LogP) is 3.12. The average Bonchev–Trinajstić information content (AvgIpc) is 2.83. The smallest absolute Gasteiger partial charge is 0.125 e. The van der Waals surface area contributed by atoms with Gasteiger partial charge < -0.3 is 10.3 Å². The van der Waals surface area contributed by atoms with Crippen LogP contribution in [0, 0.1) is 5.82 Å². The summed E-state index contributed by atoms with van der Waals surface area (Å²) in [4.78, 5) is 4.57. The third-order valence-electron chi connectivity index (χ3n) is 3.58. The van der Waals surface area contributed by atoms with Crippen LogP contribution in [0.5, 0.6) is 0 Å². The van der Waals surface area contributed by atoms with Crippen LogP contribution in [-0.4, -0.2) is 16.1 Å². The number of imidazole rings is 1. The monoisotopic (exact) mass is 283 g/mol. The summed E-state index contributed by atoms with van der Waals surface area (Å²) in [6, 6.07) is 15.0. The second-order valence-electron chi connectivity index (χ2n) is 5.13. The Labute approximate surface area is 123 Å². The Morgan fingerprint density at radius 2 is 1.90 bits per heavy atom. The van der Waals surface area contributed by atoms with Gasteiger partial charge in [-0.15, -0.1) is 0 Å². The highest BCUT2D eigenvalue weighted by molar-refractivity contribution is 5.76. The van der Waals surface area contributed by atoms with E-state index in [2.05, 4.69) is 21.7 Å². The average molecular weight is 283 g/mol. The van der Waals surface area contributed by atoms with Crippen molar-refractivity contribution in [3.05, 3.63) is 65.7 Å². The summed E-state index contributed by atoms with van der Waals surface area (Å²) in [5.74, 6) is 0.710. The van der Waals surface area contributed by atoms with Crippen molar-refractivity contribution in [2.24, 2.45) is 5.73 Å². The fourth-order valence-electron chi connectivity index (χ4n) is 2.55. The fraction of sp³-hybridized carbons (Fsp3) is 0.235. The number of fused-ring (bicyclic) bond motifs is 1. The fourth-order valence-corrected chi connectivity index (χ4v) is 2.55. The zero-order valence-corrected chi connectivity index (χ0v) is 11.8. The molecular formula is C17H18FN3. The Morgan fingerprint density at radius 1 is 1.10 bits per heavy atom. The number of nitrogens with zero attached hydrogens (tertiary/aromatic N) is 2. The first-order valence-corrected chi connectivity index (χ1v) is 7.16. The van der Waals surface area contributed by atoms with Gasteiger partial charge in [0.15, 0.2) is 0 Å². The van der Waals surface area contributed by atoms with Gasteiger partial charge in [-0.25, -0.2) is 9.37 Å². The molecule has 3 rings (SSSR count). The highest BCUT2D eigenvalue weighted by atomic mass is 19.1. The molecule has 1 aromatic heterocycles. The minimum Gasteiger partial charge on any atom is -0.330 e. The summed E-state index contributed by atoms with van der Waals surface area (Å²) in [5.41, 5.74) is 8.48. The molecule has 108 valence electrons. The van der Waals surface area contributed by atoms with Crippen LogP contribution in [0.2, 0.25) is 0 Å². The molecule has 0 saturated heterocycles. The van der Waals surface area contributed by atoms with Crippen molar-refractivity contribution in [2.75, 3.05) is 6.54 Å². The zero-order chi connectivity index (χ0) is 14.7. The molecule has 3 aromatic rings. The van der Waals surface area contributed by atoms with Crippen molar-refractivity contribution < 1.29 is 4.39 Å². The zero-order valence-electron chi connectivity index (χ0n) is 11.8. The number of halogens is 1. The van der Waals surface area contributed by atoms with Crippen LogP contribution in [0.15, 0.2) is 48.5 Å². The molecule has 0 aliphatic carbocycles. The van der Waals surface area contributed by atoms with E-state index in [1.54, 1.807) is 6.07 Å². The molecule has 0 atom stereocenters. The van der Waals surface area contributed by atoms with Gasteiger partial charge in [0.1, 0.15) is 11.6 Å². The van der Waals surface area contributed by atoms with Crippen molar-refractivity contribution >= 4 is 11.0 Å². The SMILES string of the molecule is NCCCc1nc2cc(F)ccc2n1Cc1ccccc1. The summed E-state index contributed by atoms with van der Waals surface area (Å²) in [7, 11) is 0. The summed E-state index contributed by atoms with van der Waals surface area (Å²) in [6.45, 7) is 1.37. The normalized spacial score (nSPS) is 11.1. The van der Waals surface area contributed by atoms with Gasteiger partial charge in [-0.05, 0) is 30.7 Å². The van der Waals surface area contributed by atoms with E-state index >= 15 is 0 Å². The van der Waals surface area contributed by atoms with Crippen LogP contribution in [0.4, 0.5) is 4.39 Å². The number of rotatable bonds is 5. The van der Waals surface area contributed by atoms with E-state index in [1.807, 2.05) is 18.2 Å². The number of hydrogen-bond donors (Lipinski definition) is 1. The second kappa shape index (κ2) is 6.06. The molecule has 0 amide bonds. The highest BCUT2D eigenvalue weighted by Crippen LogP contribution is 2.20. The maximum Gasteiger partial charge on any atom is 0.125 e. The molecule has 0 aliphatic heterocycles. The third-order valence-corrected chi connectivity index (χ3v) is 3.58. The molecule has 0 radical (unpaired) electrons. The maximum absolute atomic E-state index is 13.4. The van der Waals surface area contributed by atoms with E-state index in [1.165, 1.54) is 17.7 Å². The molecule has 0 saturated carbocycles. The summed E-state index contributed by atoms with van der Waals surface area (Å²) in [5, 5.41) is 0. The Bertz CT molecular complexity index is 734. The molecule has 1 heterocycles. The van der Waals surface area contributed by atoms with Crippen molar-refractivity contribution in [1.82, 2.24) is 9.55 Å². The molecule has 0 fully saturated rings. The lowest BCUT2D eigenvalue weighted by Crippen LogP contribution is -2.08. The molecule has 2 N–H and O–H groups in total. The predicted molar refractivity (Wildman–Crippen MR) is 82.6 cm³/mol. The summed E-state index contributed by atoms with van der Waals surface area (Å²) in [6.07, 6.45) is 1.68. The Morgan fingerprint density at radius 3 is 2.67 bits per heavy atom. The van der Waals surface area contributed by atoms with Crippen LogP contribution >= 0.6 is 0 Å². The topological polar surface area (TPSA) is 43.8 Å². The van der Waals surface area contributed by atoms with E-state index in [0.29, 0.717) is 12.1 Å². The van der Waals surface area contributed by atoms with Crippen LogP contribution in [0.3, 0.4) is 0 Å². The van der Waals surface area contributed by atoms with Gasteiger partial charge in [0.25, 0.3) is 0 Å². The van der Waals surface area contributed by atoms with E-state index in [4.69, 9.17) is 5.73 Å². The minimum atomic E-state index is -0.253. The molecule has 0 aliphatic rings. The number of hydrogen-bond acceptors (Lipinski definition) is 2. The molecular weight excluding hydrogens is 265 g/mol. The van der Waals surface area contributed by atoms with Gasteiger partial charge in [-0.3, -0.25) is 0 Å². The van der Waals surface area contributed by atoms with Crippen molar-refractivity contribution in [3.8, 4) is 0 Å². The van der Waals surface area contributed by atoms with Crippen molar-refractivity contribution in [2.45, 2.75) is 19.4 Å². The lowest BCUT2D eigenvalue weighted by Gasteiger charge is -2.09. The molecule has 21 heavy (non-hydrogen) atoms. The number of aromatic nitrogens is 2. The van der Waals surface area contributed by atoms with Gasteiger partial charge in [0, 0.05) is 19.0 Å². The summed E-state index contributed by atoms with van der Waals surface area (Å²) < 4.78 is 15.5. The second-order valence-corrected chi connectivity index (χ2v) is 5.13. The van der Waals surface area contributed by atoms with E-state index in [0.717, 1.165) is 30.7 Å². The first-order chi connectivity index (χ1) is 10.3. The molecule has 2 aromatic carbocycles. The summed E-state index contributed by atoms with van der Waals surface area (Å²) >= 11 is 0. The lowest BCUT2D eigenvalue weighted by molar-refractivity contribution is 0.629. The van der Waals surface area contributed by atoms with Gasteiger partial charge in [-0.2, -0.15) is 0 Å². The number of aryl methyl sites for hydroxylation is 1. The molecule has 4 heteroatoms. The molecule has 3 nitrogen and oxygen atoms in total. The highest BCUT2D eigenvalue weighted by Gasteiger charge is 2.11. The molecule has 0 spiro atoms. The van der Waals surface area contributed by atoms with Crippen LogP contribution in [0.25, 0.3) is 11.0 Å². The Kier molecular flexibility index (Phi) is 3.97. The van der Waals surface area contributed by atoms with Gasteiger partial charge in [0.2, 0.25) is 0 Å². The quantitative estimate of drug-likeness (QED) is 0.782. The van der Waals surface area contributed by atoms with Gasteiger partial charge in [0.05, 0.1) is 11.0 Å². The van der Waals surface area contributed by atoms with Crippen molar-refractivity contribution in [3.63, 3.8) is 0 Å². The molecule has 0 unspecified atom stereocenters. The maximum atomic E-state index is 13.4. The molecule has 0 bridgehead atoms. The first-order valence-electron chi connectivity index (χ1n) is 7.16. The standard InChI is InChI=1S/C17H18FN3/c18-14-8-9-16-15(11-14)20-17(7-4-10-19)21(16)12-13-5-2-1-3-6-13/h1-3,5-6,8-9,11H,4,7,10,12,19H2. The lowest BCUT2D eigenvalue weighted by atomic mass is 10.2. The van der Waals surface area contributed by atoms with Gasteiger partial charge in [-0.1, -0.05) is 30.3 Å².